The zero-order chi connectivity index (χ0) is 34.4. The van der Waals surface area contributed by atoms with Gasteiger partial charge in [0.05, 0.1) is 17.1 Å². The van der Waals surface area contributed by atoms with Gasteiger partial charge in [0, 0.05) is 33.9 Å². The number of rotatable bonds is 6. The minimum Gasteiger partial charge on any atom is -0.256 e. The lowest BCUT2D eigenvalue weighted by Gasteiger charge is -2.21. The fourth-order valence-electron chi connectivity index (χ4n) is 7.42. The molecule has 0 unspecified atom stereocenters. The molecule has 3 heteroatoms. The van der Waals surface area contributed by atoms with Gasteiger partial charge in [-0.1, -0.05) is 153 Å². The Bertz CT molecular complexity index is 2520. The van der Waals surface area contributed by atoms with Crippen LogP contribution in [0.15, 0.2) is 176 Å². The zero-order valence-corrected chi connectivity index (χ0v) is 28.6. The fourth-order valence-corrected chi connectivity index (χ4v) is 7.42. The molecule has 1 aliphatic carbocycles. The predicted octanol–water partition coefficient (Wildman–Crippen LogP) is 12.2. The molecule has 6 aromatic carbocycles. The summed E-state index contributed by atoms with van der Waals surface area (Å²) in [5.74, 6) is 0.703. The van der Waals surface area contributed by atoms with Gasteiger partial charge in [0.25, 0.3) is 0 Å². The lowest BCUT2D eigenvalue weighted by molar-refractivity contribution is 0.660. The van der Waals surface area contributed by atoms with Crippen LogP contribution < -0.4 is 0 Å². The quantitative estimate of drug-likeness (QED) is 0.179. The Labute approximate surface area is 299 Å². The molecule has 0 saturated heterocycles. The van der Waals surface area contributed by atoms with E-state index < -0.39 is 0 Å². The van der Waals surface area contributed by atoms with Crippen molar-refractivity contribution in [2.24, 2.45) is 0 Å². The molecular weight excluding hydrogens is 619 g/mol. The number of fused-ring (bicyclic) bond motifs is 3. The molecule has 0 radical (unpaired) electrons. The van der Waals surface area contributed by atoms with Gasteiger partial charge in [0.1, 0.15) is 0 Å². The fraction of sp³-hybridized carbons (Fsp3) is 0.0625. The van der Waals surface area contributed by atoms with Gasteiger partial charge in [-0.25, -0.2) is 9.97 Å². The molecule has 3 nitrogen and oxygen atoms in total. The predicted molar refractivity (Wildman–Crippen MR) is 210 cm³/mol. The Morgan fingerprint density at radius 1 is 0.353 bits per heavy atom. The molecule has 242 valence electrons. The first-order valence-corrected chi connectivity index (χ1v) is 17.4. The van der Waals surface area contributed by atoms with E-state index in [0.717, 1.165) is 44.9 Å². The Balaban J connectivity index is 1.04. The third kappa shape index (κ3) is 5.63. The monoisotopic (exact) mass is 653 g/mol. The van der Waals surface area contributed by atoms with Crippen molar-refractivity contribution in [3.63, 3.8) is 0 Å². The molecule has 0 bridgehead atoms. The highest BCUT2D eigenvalue weighted by molar-refractivity contribution is 5.85. The lowest BCUT2D eigenvalue weighted by atomic mass is 9.82. The molecule has 8 aromatic rings. The number of pyridine rings is 1. The van der Waals surface area contributed by atoms with Crippen LogP contribution in [0.25, 0.3) is 78.5 Å². The van der Waals surface area contributed by atoms with Gasteiger partial charge in [-0.15, -0.1) is 0 Å². The zero-order valence-electron chi connectivity index (χ0n) is 28.6. The number of nitrogens with zero attached hydrogens (tertiary/aromatic N) is 3. The third-order valence-electron chi connectivity index (χ3n) is 10.2. The Kier molecular flexibility index (Phi) is 7.48. The first-order chi connectivity index (χ1) is 25.0. The smallest absolute Gasteiger partial charge is 0.160 e. The van der Waals surface area contributed by atoms with E-state index in [-0.39, 0.29) is 5.41 Å². The average Bonchev–Trinajstić information content (AvgIpc) is 3.44. The van der Waals surface area contributed by atoms with Crippen LogP contribution in [0, 0.1) is 0 Å². The first kappa shape index (κ1) is 30.6. The molecule has 2 heterocycles. The SMILES string of the molecule is CC1(C)c2ccccc2-c2cc(-c3cccc(-c4ccc(-c5cc(-c6ccc(-c7ccccn7)cc6)nc(-c6ccccc6)n5)cc4)c3)ccc21. The second-order valence-corrected chi connectivity index (χ2v) is 13.7. The number of hydrogen-bond acceptors (Lipinski definition) is 3. The third-order valence-corrected chi connectivity index (χ3v) is 10.2. The summed E-state index contributed by atoms with van der Waals surface area (Å²) >= 11 is 0. The largest absolute Gasteiger partial charge is 0.256 e. The summed E-state index contributed by atoms with van der Waals surface area (Å²) in [5.41, 5.74) is 17.1. The summed E-state index contributed by atoms with van der Waals surface area (Å²) < 4.78 is 0. The minimum absolute atomic E-state index is 0.00502. The molecule has 51 heavy (non-hydrogen) atoms. The molecule has 9 rings (SSSR count). The van der Waals surface area contributed by atoms with Gasteiger partial charge in [-0.3, -0.25) is 4.98 Å². The van der Waals surface area contributed by atoms with E-state index in [1.165, 1.54) is 38.9 Å². The van der Waals surface area contributed by atoms with E-state index in [4.69, 9.17) is 9.97 Å². The second kappa shape index (κ2) is 12.5. The van der Waals surface area contributed by atoms with Gasteiger partial charge in [0.15, 0.2) is 5.82 Å². The molecule has 0 saturated carbocycles. The maximum Gasteiger partial charge on any atom is 0.160 e. The van der Waals surface area contributed by atoms with Crippen molar-refractivity contribution >= 4 is 0 Å². The maximum atomic E-state index is 5.05. The van der Waals surface area contributed by atoms with Crippen LogP contribution in [0.5, 0.6) is 0 Å². The van der Waals surface area contributed by atoms with E-state index in [1.807, 2.05) is 42.6 Å². The number of aromatic nitrogens is 3. The molecule has 0 aliphatic heterocycles. The summed E-state index contributed by atoms with van der Waals surface area (Å²) in [5, 5.41) is 0. The van der Waals surface area contributed by atoms with Crippen molar-refractivity contribution < 1.29 is 0 Å². The highest BCUT2D eigenvalue weighted by atomic mass is 14.9. The first-order valence-electron chi connectivity index (χ1n) is 17.4. The van der Waals surface area contributed by atoms with Gasteiger partial charge >= 0.3 is 0 Å². The summed E-state index contributed by atoms with van der Waals surface area (Å²) in [6.07, 6.45) is 1.82. The van der Waals surface area contributed by atoms with Crippen molar-refractivity contribution in [3.8, 4) is 78.5 Å². The van der Waals surface area contributed by atoms with Crippen molar-refractivity contribution in [1.82, 2.24) is 15.0 Å². The highest BCUT2D eigenvalue weighted by Crippen LogP contribution is 2.49. The number of benzene rings is 6. The maximum absolute atomic E-state index is 5.05. The molecular formula is C48H35N3. The highest BCUT2D eigenvalue weighted by Gasteiger charge is 2.35. The van der Waals surface area contributed by atoms with Gasteiger partial charge in [-0.05, 0) is 74.8 Å². The van der Waals surface area contributed by atoms with Crippen molar-refractivity contribution in [3.05, 3.63) is 187 Å². The van der Waals surface area contributed by atoms with Crippen LogP contribution in [-0.4, -0.2) is 15.0 Å². The molecule has 0 N–H and O–H groups in total. The summed E-state index contributed by atoms with van der Waals surface area (Å²) in [7, 11) is 0. The topological polar surface area (TPSA) is 38.7 Å². The van der Waals surface area contributed by atoms with E-state index in [2.05, 4.69) is 152 Å². The molecule has 2 aromatic heterocycles. The summed E-state index contributed by atoms with van der Waals surface area (Å²) in [4.78, 5) is 14.6. The van der Waals surface area contributed by atoms with E-state index in [0.29, 0.717) is 5.82 Å². The lowest BCUT2D eigenvalue weighted by Crippen LogP contribution is -2.14. The van der Waals surface area contributed by atoms with E-state index in [9.17, 15) is 0 Å². The normalized spacial score (nSPS) is 12.7. The van der Waals surface area contributed by atoms with Crippen LogP contribution in [0.2, 0.25) is 0 Å². The van der Waals surface area contributed by atoms with Gasteiger partial charge in [0.2, 0.25) is 0 Å². The summed E-state index contributed by atoms with van der Waals surface area (Å²) in [6.45, 7) is 4.65. The number of hydrogen-bond donors (Lipinski definition) is 0. The molecule has 1 aliphatic rings. The van der Waals surface area contributed by atoms with Crippen LogP contribution >= 0.6 is 0 Å². The van der Waals surface area contributed by atoms with Crippen molar-refractivity contribution in [2.75, 3.05) is 0 Å². The average molecular weight is 654 g/mol. The standard InChI is InChI=1S/C48H35N3/c1-48(2)42-16-7-6-15-40(42)41-30-39(26-27-43(41)48)38-14-10-13-37(29-38)32-18-20-34(21-19-32)45-31-46(51-47(50-45)36-11-4-3-5-12-36)35-24-22-33(23-25-35)44-17-8-9-28-49-44/h3-31H,1-2H3. The van der Waals surface area contributed by atoms with Crippen LogP contribution in [0.3, 0.4) is 0 Å². The van der Waals surface area contributed by atoms with Crippen LogP contribution in [0.4, 0.5) is 0 Å². The van der Waals surface area contributed by atoms with E-state index >= 15 is 0 Å². The van der Waals surface area contributed by atoms with Crippen LogP contribution in [0.1, 0.15) is 25.0 Å². The second-order valence-electron chi connectivity index (χ2n) is 13.7. The minimum atomic E-state index is 0.00502. The van der Waals surface area contributed by atoms with Gasteiger partial charge in [-0.2, -0.15) is 0 Å². The molecule has 0 fully saturated rings. The Morgan fingerprint density at radius 2 is 0.882 bits per heavy atom. The van der Waals surface area contributed by atoms with E-state index in [1.54, 1.807) is 0 Å². The van der Waals surface area contributed by atoms with Crippen LogP contribution in [-0.2, 0) is 5.41 Å². The van der Waals surface area contributed by atoms with Crippen molar-refractivity contribution in [1.29, 1.82) is 0 Å². The molecule has 0 amide bonds. The molecule has 0 spiro atoms. The van der Waals surface area contributed by atoms with Gasteiger partial charge < -0.3 is 0 Å². The summed E-state index contributed by atoms with van der Waals surface area (Å²) in [6, 6.07) is 60.1. The molecule has 0 atom stereocenters. The van der Waals surface area contributed by atoms with Crippen molar-refractivity contribution in [2.45, 2.75) is 19.3 Å². The Hall–Kier alpha value is -6.45. The Morgan fingerprint density at radius 3 is 1.57 bits per heavy atom.